The van der Waals surface area contributed by atoms with E-state index in [9.17, 15) is 0 Å². The normalized spacial score (nSPS) is 16.6. The Balaban J connectivity index is 1.69. The third-order valence-electron chi connectivity index (χ3n) is 3.77. The molecule has 1 aromatic heterocycles. The quantitative estimate of drug-likeness (QED) is 0.908. The minimum atomic E-state index is 0.278. The molecule has 0 amide bonds. The summed E-state index contributed by atoms with van der Waals surface area (Å²) in [6, 6.07) is 6.25. The molecule has 0 aliphatic carbocycles. The second-order valence-electron chi connectivity index (χ2n) is 5.13. The molecule has 6 nitrogen and oxygen atoms in total. The summed E-state index contributed by atoms with van der Waals surface area (Å²) < 4.78 is 13.4. The number of fused-ring (bicyclic) bond motifs is 1. The molecule has 1 atom stereocenters. The second kappa shape index (κ2) is 5.73. The predicted molar refractivity (Wildman–Crippen MR) is 78.4 cm³/mol. The highest BCUT2D eigenvalue weighted by molar-refractivity contribution is 5.45. The molecule has 1 aliphatic heterocycles. The molecule has 2 heterocycles. The summed E-state index contributed by atoms with van der Waals surface area (Å²) in [5, 5.41) is 11.5. The minimum Gasteiger partial charge on any atom is -0.491 e. The SMILES string of the molecule is CCNC1COc2cc(OCc3nnc(C)n3C)ccc21. The summed E-state index contributed by atoms with van der Waals surface area (Å²) in [6.07, 6.45) is 0. The first-order chi connectivity index (χ1) is 10.2. The van der Waals surface area contributed by atoms with E-state index in [-0.39, 0.29) is 6.04 Å². The molecular weight excluding hydrogens is 268 g/mol. The standard InChI is InChI=1S/C15H20N4O2/c1-4-16-13-8-21-14-7-11(5-6-12(13)14)20-9-15-18-17-10(2)19(15)3/h5-7,13,16H,4,8-9H2,1-3H3. The largest absolute Gasteiger partial charge is 0.491 e. The Hall–Kier alpha value is -2.08. The zero-order valence-electron chi connectivity index (χ0n) is 12.6. The van der Waals surface area contributed by atoms with Crippen LogP contribution in [-0.4, -0.2) is 27.9 Å². The maximum atomic E-state index is 5.78. The van der Waals surface area contributed by atoms with Gasteiger partial charge in [0.05, 0.1) is 6.04 Å². The number of hydrogen-bond acceptors (Lipinski definition) is 5. The maximum Gasteiger partial charge on any atom is 0.170 e. The van der Waals surface area contributed by atoms with Crippen LogP contribution in [0.15, 0.2) is 18.2 Å². The lowest BCUT2D eigenvalue weighted by atomic mass is 10.1. The number of hydrogen-bond donors (Lipinski definition) is 1. The Bertz CT molecular complexity index is 639. The number of nitrogens with zero attached hydrogens (tertiary/aromatic N) is 3. The van der Waals surface area contributed by atoms with Gasteiger partial charge in [0.15, 0.2) is 5.82 Å². The number of aryl methyl sites for hydroxylation is 1. The zero-order valence-corrected chi connectivity index (χ0v) is 12.6. The monoisotopic (exact) mass is 288 g/mol. The second-order valence-corrected chi connectivity index (χ2v) is 5.13. The number of nitrogens with one attached hydrogen (secondary N) is 1. The van der Waals surface area contributed by atoms with Gasteiger partial charge in [0, 0.05) is 18.7 Å². The van der Waals surface area contributed by atoms with Crippen LogP contribution in [0.2, 0.25) is 0 Å². The van der Waals surface area contributed by atoms with Crippen molar-refractivity contribution in [2.45, 2.75) is 26.5 Å². The van der Waals surface area contributed by atoms with Crippen LogP contribution in [0.4, 0.5) is 0 Å². The Morgan fingerprint density at radius 1 is 1.43 bits per heavy atom. The van der Waals surface area contributed by atoms with Crippen molar-refractivity contribution in [1.29, 1.82) is 0 Å². The molecule has 1 N–H and O–H groups in total. The first-order valence-electron chi connectivity index (χ1n) is 7.17. The van der Waals surface area contributed by atoms with E-state index >= 15 is 0 Å². The van der Waals surface area contributed by atoms with Crippen LogP contribution < -0.4 is 14.8 Å². The highest BCUT2D eigenvalue weighted by Gasteiger charge is 2.23. The van der Waals surface area contributed by atoms with Gasteiger partial charge in [0.2, 0.25) is 0 Å². The van der Waals surface area contributed by atoms with E-state index in [1.807, 2.05) is 30.7 Å². The van der Waals surface area contributed by atoms with Gasteiger partial charge < -0.3 is 19.4 Å². The molecular formula is C15H20N4O2. The van der Waals surface area contributed by atoms with E-state index in [1.165, 1.54) is 5.56 Å². The van der Waals surface area contributed by atoms with Gasteiger partial charge in [0.25, 0.3) is 0 Å². The van der Waals surface area contributed by atoms with E-state index in [0.717, 1.165) is 29.7 Å². The first kappa shape index (κ1) is 13.9. The number of rotatable bonds is 5. The maximum absolute atomic E-state index is 5.78. The van der Waals surface area contributed by atoms with Crippen LogP contribution >= 0.6 is 0 Å². The zero-order chi connectivity index (χ0) is 14.8. The average Bonchev–Trinajstić information content (AvgIpc) is 3.03. The third-order valence-corrected chi connectivity index (χ3v) is 3.77. The lowest BCUT2D eigenvalue weighted by molar-refractivity contribution is 0.286. The van der Waals surface area contributed by atoms with E-state index < -0.39 is 0 Å². The number of ether oxygens (including phenoxy) is 2. The summed E-state index contributed by atoms with van der Waals surface area (Å²) in [5.41, 5.74) is 1.19. The van der Waals surface area contributed by atoms with Gasteiger partial charge in [0.1, 0.15) is 30.5 Å². The highest BCUT2D eigenvalue weighted by Crippen LogP contribution is 2.35. The van der Waals surface area contributed by atoms with Crippen molar-refractivity contribution >= 4 is 0 Å². The summed E-state index contributed by atoms with van der Waals surface area (Å²) in [7, 11) is 1.93. The molecule has 0 fully saturated rings. The van der Waals surface area contributed by atoms with Gasteiger partial charge in [-0.1, -0.05) is 6.92 Å². The van der Waals surface area contributed by atoms with Crippen LogP contribution in [0.3, 0.4) is 0 Å². The van der Waals surface area contributed by atoms with Gasteiger partial charge in [-0.2, -0.15) is 0 Å². The van der Waals surface area contributed by atoms with Crippen molar-refractivity contribution < 1.29 is 9.47 Å². The molecule has 0 saturated heterocycles. The molecule has 6 heteroatoms. The molecule has 1 aliphatic rings. The first-order valence-corrected chi connectivity index (χ1v) is 7.17. The molecule has 112 valence electrons. The van der Waals surface area contributed by atoms with Gasteiger partial charge in [-0.25, -0.2) is 0 Å². The topological polar surface area (TPSA) is 61.2 Å². The fourth-order valence-corrected chi connectivity index (χ4v) is 2.42. The molecule has 2 aromatic rings. The minimum absolute atomic E-state index is 0.278. The lowest BCUT2D eigenvalue weighted by Gasteiger charge is -2.10. The lowest BCUT2D eigenvalue weighted by Crippen LogP contribution is -2.21. The van der Waals surface area contributed by atoms with Crippen molar-refractivity contribution in [3.63, 3.8) is 0 Å². The summed E-state index contributed by atoms with van der Waals surface area (Å²) in [5.74, 6) is 3.36. The fourth-order valence-electron chi connectivity index (χ4n) is 2.42. The molecule has 0 radical (unpaired) electrons. The van der Waals surface area contributed by atoms with Crippen LogP contribution in [0.25, 0.3) is 0 Å². The van der Waals surface area contributed by atoms with Crippen LogP contribution in [0.5, 0.6) is 11.5 Å². The van der Waals surface area contributed by atoms with E-state index in [2.05, 4.69) is 28.5 Å². The molecule has 1 unspecified atom stereocenters. The van der Waals surface area contributed by atoms with Crippen molar-refractivity contribution in [3.05, 3.63) is 35.4 Å². The molecule has 3 rings (SSSR count). The van der Waals surface area contributed by atoms with Crippen molar-refractivity contribution in [2.75, 3.05) is 13.2 Å². The third kappa shape index (κ3) is 2.71. The summed E-state index contributed by atoms with van der Waals surface area (Å²) in [4.78, 5) is 0. The van der Waals surface area contributed by atoms with E-state index in [0.29, 0.717) is 13.2 Å². The van der Waals surface area contributed by atoms with E-state index in [4.69, 9.17) is 9.47 Å². The highest BCUT2D eigenvalue weighted by atomic mass is 16.5. The fraction of sp³-hybridized carbons (Fsp3) is 0.467. The van der Waals surface area contributed by atoms with Gasteiger partial charge >= 0.3 is 0 Å². The van der Waals surface area contributed by atoms with E-state index in [1.54, 1.807) is 0 Å². The van der Waals surface area contributed by atoms with Crippen LogP contribution in [0.1, 0.15) is 30.2 Å². The van der Waals surface area contributed by atoms with Crippen LogP contribution in [0, 0.1) is 6.92 Å². The molecule has 0 saturated carbocycles. The Morgan fingerprint density at radius 3 is 3.00 bits per heavy atom. The summed E-state index contributed by atoms with van der Waals surface area (Å²) >= 11 is 0. The van der Waals surface area contributed by atoms with Crippen molar-refractivity contribution in [2.24, 2.45) is 7.05 Å². The van der Waals surface area contributed by atoms with Crippen LogP contribution in [-0.2, 0) is 13.7 Å². The Morgan fingerprint density at radius 2 is 2.29 bits per heavy atom. The molecule has 0 bridgehead atoms. The number of likely N-dealkylation sites (N-methyl/N-ethyl adjacent to an activating group) is 1. The molecule has 0 spiro atoms. The number of aromatic nitrogens is 3. The average molecular weight is 288 g/mol. The summed E-state index contributed by atoms with van der Waals surface area (Å²) in [6.45, 7) is 6.01. The molecule has 1 aromatic carbocycles. The number of benzene rings is 1. The molecule has 21 heavy (non-hydrogen) atoms. The Labute approximate surface area is 124 Å². The van der Waals surface area contributed by atoms with Gasteiger partial charge in [-0.05, 0) is 25.6 Å². The van der Waals surface area contributed by atoms with Gasteiger partial charge in [-0.3, -0.25) is 0 Å². The Kier molecular flexibility index (Phi) is 3.79. The van der Waals surface area contributed by atoms with Crippen molar-refractivity contribution in [1.82, 2.24) is 20.1 Å². The van der Waals surface area contributed by atoms with Gasteiger partial charge in [-0.15, -0.1) is 10.2 Å². The smallest absolute Gasteiger partial charge is 0.170 e. The predicted octanol–water partition coefficient (Wildman–Crippen LogP) is 1.75. The van der Waals surface area contributed by atoms with Crippen molar-refractivity contribution in [3.8, 4) is 11.5 Å².